The van der Waals surface area contributed by atoms with E-state index in [-0.39, 0.29) is 17.1 Å². The van der Waals surface area contributed by atoms with Gasteiger partial charge in [-0.05, 0) is 42.0 Å². The van der Waals surface area contributed by atoms with Crippen LogP contribution in [-0.2, 0) is 16.0 Å². The van der Waals surface area contributed by atoms with Crippen molar-refractivity contribution < 1.29 is 32.2 Å². The van der Waals surface area contributed by atoms with Crippen LogP contribution >= 0.6 is 11.8 Å². The van der Waals surface area contributed by atoms with E-state index in [1.165, 1.54) is 12.2 Å². The Morgan fingerprint density at radius 2 is 1.90 bits per heavy atom. The van der Waals surface area contributed by atoms with E-state index >= 15 is 0 Å². The van der Waals surface area contributed by atoms with Crippen LogP contribution in [0.15, 0.2) is 59.2 Å². The standard InChI is InChI=1S/C20H16F3NO4S/c1-12(14-4-8-16(9-5-14)28-20(21,22)23)11-27-15-6-2-13(3-7-15)10-17-18(25)24-19(26)29-17/h2-4,6-8,12,17H,10-11H2,1H3,(H,24,25,26)/t12-,17?/m1/s1. The minimum Gasteiger partial charge on any atom is -0.493 e. The Labute approximate surface area is 168 Å². The minimum absolute atomic E-state index is 0.129. The highest BCUT2D eigenvalue weighted by Gasteiger charge is 2.32. The highest BCUT2D eigenvalue weighted by molar-refractivity contribution is 8.15. The van der Waals surface area contributed by atoms with Gasteiger partial charge in [0.05, 0.1) is 11.9 Å². The summed E-state index contributed by atoms with van der Waals surface area (Å²) in [7, 11) is 0. The first-order valence-corrected chi connectivity index (χ1v) is 9.50. The van der Waals surface area contributed by atoms with Crippen molar-refractivity contribution in [2.75, 3.05) is 6.61 Å². The number of thioether (sulfide) groups is 1. The van der Waals surface area contributed by atoms with E-state index in [9.17, 15) is 22.8 Å². The van der Waals surface area contributed by atoms with E-state index in [2.05, 4.69) is 21.5 Å². The van der Waals surface area contributed by atoms with Gasteiger partial charge in [-0.2, -0.15) is 0 Å². The number of carbonyl (C=O) groups excluding carboxylic acids is 2. The van der Waals surface area contributed by atoms with Gasteiger partial charge in [-0.1, -0.05) is 36.5 Å². The van der Waals surface area contributed by atoms with Gasteiger partial charge in [-0.3, -0.25) is 14.9 Å². The zero-order chi connectivity index (χ0) is 21.0. The zero-order valence-corrected chi connectivity index (χ0v) is 16.0. The van der Waals surface area contributed by atoms with Crippen LogP contribution < -0.4 is 10.1 Å². The molecule has 1 fully saturated rings. The highest BCUT2D eigenvalue weighted by Crippen LogP contribution is 2.25. The lowest BCUT2D eigenvalue weighted by atomic mass is 10.0. The van der Waals surface area contributed by atoms with Crippen LogP contribution in [0.5, 0.6) is 5.75 Å². The van der Waals surface area contributed by atoms with Crippen molar-refractivity contribution in [2.24, 2.45) is 5.92 Å². The minimum atomic E-state index is -4.76. The van der Waals surface area contributed by atoms with Crippen LogP contribution in [0.3, 0.4) is 0 Å². The molecule has 0 saturated carbocycles. The lowest BCUT2D eigenvalue weighted by Gasteiger charge is -2.15. The van der Waals surface area contributed by atoms with E-state index < -0.39 is 17.4 Å². The van der Waals surface area contributed by atoms with Crippen molar-refractivity contribution in [1.29, 1.82) is 0 Å². The average molecular weight is 423 g/mol. The van der Waals surface area contributed by atoms with Crippen molar-refractivity contribution in [3.05, 3.63) is 64.8 Å². The first-order valence-electron chi connectivity index (χ1n) is 8.62. The maximum absolute atomic E-state index is 12.2. The predicted octanol–water partition coefficient (Wildman–Crippen LogP) is 4.27. The number of amides is 2. The Morgan fingerprint density at radius 3 is 2.45 bits per heavy atom. The molecule has 0 aromatic heterocycles. The Kier molecular flexibility index (Phi) is 6.23. The number of hydrogen-bond donors (Lipinski definition) is 1. The molecule has 1 aliphatic heterocycles. The number of carbonyl (C=O) groups is 2. The molecule has 9 heteroatoms. The summed E-state index contributed by atoms with van der Waals surface area (Å²) < 4.78 is 46.0. The Bertz CT molecular complexity index is 939. The fourth-order valence-corrected chi connectivity index (χ4v) is 3.49. The lowest BCUT2D eigenvalue weighted by molar-refractivity contribution is -0.303. The number of ether oxygens (including phenoxy) is 2. The summed E-state index contributed by atoms with van der Waals surface area (Å²) in [6.07, 6.45) is -1.65. The number of halogens is 3. The second-order valence-corrected chi connectivity index (χ2v) is 7.57. The molecule has 1 heterocycles. The monoisotopic (exact) mass is 423 g/mol. The van der Waals surface area contributed by atoms with Gasteiger partial charge >= 0.3 is 6.36 Å². The summed E-state index contributed by atoms with van der Waals surface area (Å²) in [5, 5.41) is 1.49. The second-order valence-electron chi connectivity index (χ2n) is 6.39. The van der Waals surface area contributed by atoms with Crippen LogP contribution in [0.25, 0.3) is 0 Å². The van der Waals surface area contributed by atoms with Gasteiger partial charge in [0.15, 0.2) is 5.76 Å². The lowest BCUT2D eigenvalue weighted by Crippen LogP contribution is -2.25. The van der Waals surface area contributed by atoms with E-state index in [1.54, 1.807) is 12.1 Å². The molecule has 1 N–H and O–H groups in total. The summed E-state index contributed by atoms with van der Waals surface area (Å²) >= 11 is 0.980. The summed E-state index contributed by atoms with van der Waals surface area (Å²) in [6.45, 7) is 2.14. The third-order valence-corrected chi connectivity index (χ3v) is 5.09. The molecule has 0 radical (unpaired) electrons. The molecule has 29 heavy (non-hydrogen) atoms. The maximum atomic E-state index is 12.2. The van der Waals surface area contributed by atoms with Crippen molar-refractivity contribution in [3.63, 3.8) is 0 Å². The van der Waals surface area contributed by atoms with Crippen LogP contribution in [0.4, 0.5) is 18.0 Å². The normalized spacial score (nSPS) is 19.5. The molecule has 2 aliphatic rings. The van der Waals surface area contributed by atoms with Gasteiger partial charge in [0.25, 0.3) is 5.24 Å². The smallest absolute Gasteiger partial charge is 0.493 e. The topological polar surface area (TPSA) is 64.6 Å². The van der Waals surface area contributed by atoms with Crippen LogP contribution in [0.2, 0.25) is 0 Å². The quantitative estimate of drug-likeness (QED) is 0.664. The number of hydrogen-bond acceptors (Lipinski definition) is 5. The molecular weight excluding hydrogens is 407 g/mol. The molecule has 2 atom stereocenters. The van der Waals surface area contributed by atoms with Crippen LogP contribution in [0, 0.1) is 5.92 Å². The third kappa shape index (κ3) is 6.06. The zero-order valence-electron chi connectivity index (χ0n) is 15.2. The molecule has 3 rings (SSSR count). The summed E-state index contributed by atoms with van der Waals surface area (Å²) in [5.74, 6) is -0.244. The average Bonchev–Trinajstić information content (AvgIpc) is 2.97. The molecule has 1 aromatic carbocycles. The van der Waals surface area contributed by atoms with Crippen molar-refractivity contribution >= 4 is 22.9 Å². The largest absolute Gasteiger partial charge is 0.573 e. The number of imide groups is 1. The first kappa shape index (κ1) is 20.9. The third-order valence-electron chi connectivity index (χ3n) is 4.11. The molecule has 0 bridgehead atoms. The summed E-state index contributed by atoms with van der Waals surface area (Å²) in [5.41, 5.74) is 6.54. The Hall–Kier alpha value is -2.86. The number of rotatable bonds is 7. The fraction of sp³-hybridized carbons (Fsp3) is 0.300. The van der Waals surface area contributed by atoms with Crippen molar-refractivity contribution in [1.82, 2.24) is 5.32 Å². The van der Waals surface area contributed by atoms with Gasteiger partial charge in [0, 0.05) is 11.5 Å². The SMILES string of the molecule is C[C@H](COc1ccc(CC2SC(=O)NC2=O)cc1)C1=C=C=C(OC(F)(F)F)C=C1. The van der Waals surface area contributed by atoms with E-state index in [4.69, 9.17) is 4.74 Å². The van der Waals surface area contributed by atoms with Gasteiger partial charge in [0.1, 0.15) is 5.75 Å². The molecule has 1 aromatic rings. The number of nitrogens with one attached hydrogen (secondary N) is 1. The molecule has 152 valence electrons. The number of allylic oxidation sites excluding steroid dienone is 2. The number of benzene rings is 1. The molecule has 1 saturated heterocycles. The Balaban J connectivity index is 1.54. The highest BCUT2D eigenvalue weighted by atomic mass is 32.2. The predicted molar refractivity (Wildman–Crippen MR) is 100 cm³/mol. The van der Waals surface area contributed by atoms with E-state index in [1.807, 2.05) is 19.1 Å². The second kappa shape index (κ2) is 8.66. The maximum Gasteiger partial charge on any atom is 0.573 e. The van der Waals surface area contributed by atoms with E-state index in [0.717, 1.165) is 17.3 Å². The van der Waals surface area contributed by atoms with Crippen LogP contribution in [-0.4, -0.2) is 29.4 Å². The molecule has 1 aliphatic carbocycles. The van der Waals surface area contributed by atoms with Crippen molar-refractivity contribution in [3.8, 4) is 5.75 Å². The first-order chi connectivity index (χ1) is 13.7. The van der Waals surface area contributed by atoms with Crippen molar-refractivity contribution in [2.45, 2.75) is 25.0 Å². The van der Waals surface area contributed by atoms with Gasteiger partial charge < -0.3 is 9.47 Å². The van der Waals surface area contributed by atoms with Gasteiger partial charge in [-0.25, -0.2) is 0 Å². The fourth-order valence-electron chi connectivity index (χ4n) is 2.63. The Morgan fingerprint density at radius 1 is 1.17 bits per heavy atom. The molecule has 1 unspecified atom stereocenters. The molecule has 2 amide bonds. The molecule has 0 spiro atoms. The summed E-state index contributed by atoms with van der Waals surface area (Å²) in [6, 6.07) is 7.16. The molecular formula is C20H16F3NO4S. The van der Waals surface area contributed by atoms with Crippen LogP contribution in [0.1, 0.15) is 12.5 Å². The van der Waals surface area contributed by atoms with Gasteiger partial charge in [-0.15, -0.1) is 13.2 Å². The van der Waals surface area contributed by atoms with E-state index in [0.29, 0.717) is 24.4 Å². The summed E-state index contributed by atoms with van der Waals surface area (Å²) in [4.78, 5) is 22.8. The molecule has 5 nitrogen and oxygen atoms in total. The van der Waals surface area contributed by atoms with Gasteiger partial charge in [0.2, 0.25) is 5.91 Å². The number of alkyl halides is 3.